The van der Waals surface area contributed by atoms with Crippen molar-refractivity contribution >= 4 is 55.1 Å². The number of rotatable bonds is 11. The van der Waals surface area contributed by atoms with Gasteiger partial charge in [0.25, 0.3) is 10.0 Å². The minimum Gasteiger partial charge on any atom is -0.357 e. The molecule has 0 unspecified atom stereocenters. The zero-order valence-corrected chi connectivity index (χ0v) is 26.4. The number of carbonyl (C=O) groups excluding carboxylic acids is 2. The highest BCUT2D eigenvalue weighted by Gasteiger charge is 2.34. The number of anilines is 1. The lowest BCUT2D eigenvalue weighted by molar-refractivity contribution is -0.139. The van der Waals surface area contributed by atoms with E-state index in [1.807, 2.05) is 61.5 Å². The standard InChI is InChI=1S/C32H31BrClN3O4S/c1-23-16-17-27(20-29(23)34)37(42(40,41)28-14-7-4-8-15-28)22-31(38)36(21-25-12-9-13-26(33)18-25)30(32(39)35-2)19-24-10-5-3-6-11-24/h3-18,20,30H,19,21-22H2,1-2H3,(H,35,39)/t30-/m1/s1. The molecule has 0 radical (unpaired) electrons. The summed E-state index contributed by atoms with van der Waals surface area (Å²) in [6, 6.07) is 28.7. The third kappa shape index (κ3) is 7.59. The van der Waals surface area contributed by atoms with Crippen LogP contribution >= 0.6 is 27.5 Å². The van der Waals surface area contributed by atoms with Crippen molar-refractivity contribution in [3.05, 3.63) is 129 Å². The topological polar surface area (TPSA) is 86.8 Å². The number of benzene rings is 4. The first-order valence-corrected chi connectivity index (χ1v) is 15.8. The Kier molecular flexibility index (Phi) is 10.4. The van der Waals surface area contributed by atoms with Crippen LogP contribution in [0.4, 0.5) is 5.69 Å². The summed E-state index contributed by atoms with van der Waals surface area (Å²) >= 11 is 9.88. The normalized spacial score (nSPS) is 11.9. The smallest absolute Gasteiger partial charge is 0.264 e. The van der Waals surface area contributed by atoms with Gasteiger partial charge in [0, 0.05) is 29.5 Å². The summed E-state index contributed by atoms with van der Waals surface area (Å²) in [6.07, 6.45) is 0.238. The van der Waals surface area contributed by atoms with Crippen LogP contribution in [0.5, 0.6) is 0 Å². The first-order valence-electron chi connectivity index (χ1n) is 13.2. The van der Waals surface area contributed by atoms with Gasteiger partial charge < -0.3 is 10.2 Å². The molecule has 0 aromatic heterocycles. The first kappa shape index (κ1) is 31.3. The van der Waals surface area contributed by atoms with Gasteiger partial charge >= 0.3 is 0 Å². The van der Waals surface area contributed by atoms with Crippen molar-refractivity contribution < 1.29 is 18.0 Å². The molecule has 0 fully saturated rings. The summed E-state index contributed by atoms with van der Waals surface area (Å²) in [5.74, 6) is -0.909. The van der Waals surface area contributed by atoms with E-state index in [-0.39, 0.29) is 29.5 Å². The number of aryl methyl sites for hydroxylation is 1. The summed E-state index contributed by atoms with van der Waals surface area (Å²) < 4.78 is 29.8. The molecule has 218 valence electrons. The van der Waals surface area contributed by atoms with E-state index in [1.54, 1.807) is 30.3 Å². The van der Waals surface area contributed by atoms with Crippen molar-refractivity contribution in [3.63, 3.8) is 0 Å². The Bertz CT molecular complexity index is 1650. The number of hydrogen-bond acceptors (Lipinski definition) is 4. The molecule has 0 heterocycles. The molecule has 0 aliphatic carbocycles. The predicted octanol–water partition coefficient (Wildman–Crippen LogP) is 5.99. The SMILES string of the molecule is CNC(=O)[C@@H](Cc1ccccc1)N(Cc1cccc(Br)c1)C(=O)CN(c1ccc(C)c(Cl)c1)S(=O)(=O)c1ccccc1. The fraction of sp³-hybridized carbons (Fsp3) is 0.188. The molecule has 1 N–H and O–H groups in total. The summed E-state index contributed by atoms with van der Waals surface area (Å²) in [6.45, 7) is 1.34. The fourth-order valence-electron chi connectivity index (χ4n) is 4.54. The van der Waals surface area contributed by atoms with Crippen molar-refractivity contribution in [2.45, 2.75) is 30.8 Å². The third-order valence-electron chi connectivity index (χ3n) is 6.81. The fourth-order valence-corrected chi connectivity index (χ4v) is 6.59. The zero-order chi connectivity index (χ0) is 30.3. The number of hydrogen-bond donors (Lipinski definition) is 1. The van der Waals surface area contributed by atoms with Crippen LogP contribution in [0.3, 0.4) is 0 Å². The minimum absolute atomic E-state index is 0.0279. The number of nitrogens with one attached hydrogen (secondary N) is 1. The Morgan fingerprint density at radius 1 is 0.881 bits per heavy atom. The Morgan fingerprint density at radius 3 is 2.14 bits per heavy atom. The van der Waals surface area contributed by atoms with Gasteiger partial charge in [-0.2, -0.15) is 0 Å². The van der Waals surface area contributed by atoms with E-state index in [9.17, 15) is 18.0 Å². The van der Waals surface area contributed by atoms with Gasteiger partial charge in [-0.25, -0.2) is 8.42 Å². The van der Waals surface area contributed by atoms with E-state index >= 15 is 0 Å². The molecular weight excluding hydrogens is 638 g/mol. The highest BCUT2D eigenvalue weighted by molar-refractivity contribution is 9.10. The number of likely N-dealkylation sites (N-methyl/N-ethyl adjacent to an activating group) is 1. The average molecular weight is 669 g/mol. The van der Waals surface area contributed by atoms with Gasteiger partial charge in [0.15, 0.2) is 0 Å². The first-order chi connectivity index (χ1) is 20.1. The number of nitrogens with zero attached hydrogens (tertiary/aromatic N) is 2. The molecule has 4 aromatic carbocycles. The molecule has 7 nitrogen and oxygen atoms in total. The number of halogens is 2. The lowest BCUT2D eigenvalue weighted by Gasteiger charge is -2.33. The molecule has 4 aromatic rings. The van der Waals surface area contributed by atoms with Crippen LogP contribution < -0.4 is 9.62 Å². The Labute approximate surface area is 260 Å². The largest absolute Gasteiger partial charge is 0.357 e. The van der Waals surface area contributed by atoms with Crippen molar-refractivity contribution in [2.24, 2.45) is 0 Å². The maximum absolute atomic E-state index is 14.3. The highest BCUT2D eigenvalue weighted by Crippen LogP contribution is 2.29. The molecule has 0 saturated heterocycles. The van der Waals surface area contributed by atoms with Crippen LogP contribution in [-0.4, -0.2) is 44.8 Å². The Balaban J connectivity index is 1.80. The van der Waals surface area contributed by atoms with E-state index in [1.165, 1.54) is 30.1 Å². The summed E-state index contributed by atoms with van der Waals surface area (Å²) in [5.41, 5.74) is 2.64. The van der Waals surface area contributed by atoms with E-state index in [4.69, 9.17) is 11.6 Å². The van der Waals surface area contributed by atoms with E-state index in [2.05, 4.69) is 21.2 Å². The number of carbonyl (C=O) groups is 2. The average Bonchev–Trinajstić information content (AvgIpc) is 2.99. The van der Waals surface area contributed by atoms with Crippen LogP contribution in [0.15, 0.2) is 112 Å². The van der Waals surface area contributed by atoms with Gasteiger partial charge in [-0.3, -0.25) is 13.9 Å². The lowest BCUT2D eigenvalue weighted by atomic mass is 10.0. The van der Waals surface area contributed by atoms with E-state index in [0.29, 0.717) is 5.02 Å². The highest BCUT2D eigenvalue weighted by atomic mass is 79.9. The molecule has 0 saturated carbocycles. The van der Waals surface area contributed by atoms with Gasteiger partial charge in [-0.1, -0.05) is 94.3 Å². The predicted molar refractivity (Wildman–Crippen MR) is 170 cm³/mol. The van der Waals surface area contributed by atoms with Gasteiger partial charge in [0.2, 0.25) is 11.8 Å². The summed E-state index contributed by atoms with van der Waals surface area (Å²) in [4.78, 5) is 29.1. The maximum atomic E-state index is 14.3. The van der Waals surface area contributed by atoms with Crippen LogP contribution in [0.1, 0.15) is 16.7 Å². The molecule has 2 amide bonds. The van der Waals surface area contributed by atoms with E-state index < -0.39 is 28.5 Å². The van der Waals surface area contributed by atoms with Gasteiger partial charge in [0.1, 0.15) is 12.6 Å². The number of sulfonamides is 1. The Hall–Kier alpha value is -3.66. The molecule has 4 rings (SSSR count). The van der Waals surface area contributed by atoms with Crippen LogP contribution in [0.25, 0.3) is 0 Å². The molecule has 0 aliphatic heterocycles. The van der Waals surface area contributed by atoms with Crippen LogP contribution in [-0.2, 0) is 32.6 Å². The molecule has 0 aliphatic rings. The summed E-state index contributed by atoms with van der Waals surface area (Å²) in [5, 5.41) is 3.05. The summed E-state index contributed by atoms with van der Waals surface area (Å²) in [7, 11) is -2.67. The lowest BCUT2D eigenvalue weighted by Crippen LogP contribution is -2.53. The minimum atomic E-state index is -4.18. The molecule has 1 atom stereocenters. The second kappa shape index (κ2) is 14.0. The third-order valence-corrected chi connectivity index (χ3v) is 9.50. The molecule has 42 heavy (non-hydrogen) atoms. The van der Waals surface area contributed by atoms with Crippen molar-refractivity contribution in [1.29, 1.82) is 0 Å². The second-order valence-electron chi connectivity index (χ2n) is 9.73. The molecule has 0 spiro atoms. The van der Waals surface area contributed by atoms with Crippen LogP contribution in [0, 0.1) is 6.92 Å². The van der Waals surface area contributed by atoms with Gasteiger partial charge in [-0.05, 0) is 60.0 Å². The van der Waals surface area contributed by atoms with Gasteiger partial charge in [-0.15, -0.1) is 0 Å². The second-order valence-corrected chi connectivity index (χ2v) is 12.9. The number of amides is 2. The van der Waals surface area contributed by atoms with E-state index in [0.717, 1.165) is 25.5 Å². The molecule has 0 bridgehead atoms. The monoisotopic (exact) mass is 667 g/mol. The maximum Gasteiger partial charge on any atom is 0.264 e. The van der Waals surface area contributed by atoms with Crippen molar-refractivity contribution in [3.8, 4) is 0 Å². The van der Waals surface area contributed by atoms with Crippen LogP contribution in [0.2, 0.25) is 5.02 Å². The molecule has 10 heteroatoms. The Morgan fingerprint density at radius 2 is 1.52 bits per heavy atom. The quantitative estimate of drug-likeness (QED) is 0.213. The molecular formula is C32H31BrClN3O4S. The zero-order valence-electron chi connectivity index (χ0n) is 23.2. The van der Waals surface area contributed by atoms with Gasteiger partial charge in [0.05, 0.1) is 10.6 Å². The van der Waals surface area contributed by atoms with Crippen molar-refractivity contribution in [2.75, 3.05) is 17.9 Å². The van der Waals surface area contributed by atoms with Crippen molar-refractivity contribution in [1.82, 2.24) is 10.2 Å².